The van der Waals surface area contributed by atoms with Crippen molar-refractivity contribution in [1.82, 2.24) is 0 Å². The van der Waals surface area contributed by atoms with E-state index in [4.69, 9.17) is 0 Å². The molecule has 12 nitrogen and oxygen atoms in total. The quantitative estimate of drug-likeness (QED) is 0.261. The van der Waals surface area contributed by atoms with Crippen LogP contribution < -0.4 is 10.2 Å². The standard InChI is InChI=1S/3C4H4O4.Ca.Sn/c3*5-3(6)1-2-4(7)8;;/h3*1-2H,(H,5,6)(H,7,8);;/q;;;+2;+4/p-6/b2-1-;;;;. The molecule has 1 spiro atoms. The number of carbonyl (C=O) groups is 6. The van der Waals surface area contributed by atoms with Crippen molar-refractivity contribution >= 4 is 93.6 Å². The monoisotopic (exact) mass is 502 g/mol. The fraction of sp³-hybridized carbons (Fsp3) is 0. The van der Waals surface area contributed by atoms with E-state index in [1.54, 1.807) is 0 Å². The van der Waals surface area contributed by atoms with Gasteiger partial charge < -0.3 is 19.8 Å². The van der Waals surface area contributed by atoms with E-state index in [2.05, 4.69) is 12.3 Å². The summed E-state index contributed by atoms with van der Waals surface area (Å²) in [6.45, 7) is 0. The van der Waals surface area contributed by atoms with Crippen LogP contribution >= 0.6 is 0 Å². The Labute approximate surface area is 180 Å². The Morgan fingerprint density at radius 3 is 1.12 bits per heavy atom. The van der Waals surface area contributed by atoms with Crippen LogP contribution in [0.3, 0.4) is 0 Å². The molecule has 2 rings (SSSR count). The minimum Gasteiger partial charge on any atom is 2.00 e. The summed E-state index contributed by atoms with van der Waals surface area (Å²) in [5.41, 5.74) is 0. The van der Waals surface area contributed by atoms with E-state index < -0.39 is 55.8 Å². The molecule has 0 atom stereocenters. The topological polar surface area (TPSA) is 185 Å². The van der Waals surface area contributed by atoms with Crippen LogP contribution in [-0.4, -0.2) is 93.6 Å². The van der Waals surface area contributed by atoms with Crippen molar-refractivity contribution in [3.63, 3.8) is 0 Å². The third-order valence-electron chi connectivity index (χ3n) is 1.97. The number of carboxylic acid groups (broad SMARTS) is 2. The van der Waals surface area contributed by atoms with E-state index in [-0.39, 0.29) is 37.7 Å². The minimum absolute atomic E-state index is 0. The van der Waals surface area contributed by atoms with E-state index in [9.17, 15) is 39.0 Å². The van der Waals surface area contributed by atoms with Crippen molar-refractivity contribution in [3.8, 4) is 0 Å². The Morgan fingerprint density at radius 2 is 0.923 bits per heavy atom. The predicted molar refractivity (Wildman–Crippen MR) is 73.3 cm³/mol. The Morgan fingerprint density at radius 1 is 0.692 bits per heavy atom. The fourth-order valence-electron chi connectivity index (χ4n) is 1.16. The van der Waals surface area contributed by atoms with Crippen molar-refractivity contribution in [2.45, 2.75) is 0 Å². The zero-order valence-corrected chi connectivity index (χ0v) is 17.6. The summed E-state index contributed by atoms with van der Waals surface area (Å²) in [6, 6.07) is 0. The molecule has 14 heteroatoms. The van der Waals surface area contributed by atoms with Crippen molar-refractivity contribution in [2.24, 2.45) is 0 Å². The van der Waals surface area contributed by atoms with E-state index in [0.29, 0.717) is 12.2 Å². The van der Waals surface area contributed by atoms with E-state index in [0.717, 1.165) is 24.3 Å². The molecule has 2 aliphatic heterocycles. The minimum atomic E-state index is -5.28. The molecule has 0 aromatic carbocycles. The third-order valence-corrected chi connectivity index (χ3v) is 7.12. The molecule has 0 amide bonds. The second-order valence-corrected chi connectivity index (χ2v) is 9.01. The molecule has 0 aromatic heterocycles. The molecule has 0 radical (unpaired) electrons. The molecule has 0 saturated carbocycles. The number of rotatable bonds is 2. The maximum Gasteiger partial charge on any atom is 2.00 e. The molecule has 0 aromatic rings. The number of hydrogen-bond acceptors (Lipinski definition) is 12. The van der Waals surface area contributed by atoms with Crippen LogP contribution in [0.1, 0.15) is 0 Å². The van der Waals surface area contributed by atoms with Gasteiger partial charge in [-0.2, -0.15) is 0 Å². The number of carboxylic acids is 2. The Kier molecular flexibility index (Phi) is 10.1. The Balaban J connectivity index is 0.000000597. The largest absolute Gasteiger partial charge is 2.00 e. The van der Waals surface area contributed by atoms with Crippen molar-refractivity contribution in [3.05, 3.63) is 36.5 Å². The van der Waals surface area contributed by atoms with Gasteiger partial charge in [-0.1, -0.05) is 0 Å². The van der Waals surface area contributed by atoms with Crippen LogP contribution in [-0.2, 0) is 41.1 Å². The SMILES string of the molecule is O=C([O-])/C=C\C(=O)[O-].O=C1C=CC(=O)[O][Sn]2([O]1)[O]C(=O)C=CC(=O)[O]2.[Ca+2]. The van der Waals surface area contributed by atoms with Gasteiger partial charge in [0.25, 0.3) is 0 Å². The van der Waals surface area contributed by atoms with Gasteiger partial charge in [0, 0.05) is 0 Å². The summed E-state index contributed by atoms with van der Waals surface area (Å²) in [6.07, 6.45) is 3.91. The average molecular weight is 501 g/mol. The van der Waals surface area contributed by atoms with E-state index in [1.165, 1.54) is 0 Å². The molecule has 2 heterocycles. The van der Waals surface area contributed by atoms with Crippen LogP contribution in [0.25, 0.3) is 0 Å². The first-order valence-corrected chi connectivity index (χ1v) is 10.7. The molecular weight excluding hydrogens is 495 g/mol. The van der Waals surface area contributed by atoms with Crippen LogP contribution in [0.5, 0.6) is 0 Å². The first kappa shape index (κ1) is 24.1. The maximum atomic E-state index is 11.1. The summed E-state index contributed by atoms with van der Waals surface area (Å²) < 4.78 is 18.6. The van der Waals surface area contributed by atoms with Crippen LogP contribution in [0.2, 0.25) is 0 Å². The second kappa shape index (κ2) is 10.9. The van der Waals surface area contributed by atoms with Crippen molar-refractivity contribution in [1.29, 1.82) is 0 Å². The molecule has 0 N–H and O–H groups in total. The van der Waals surface area contributed by atoms with Gasteiger partial charge in [-0.3, -0.25) is 0 Å². The third kappa shape index (κ3) is 8.98. The summed E-state index contributed by atoms with van der Waals surface area (Å²) >= 11 is -5.28. The van der Waals surface area contributed by atoms with Gasteiger partial charge in [-0.25, -0.2) is 0 Å². The first-order chi connectivity index (χ1) is 11.6. The number of hydrogen-bond donors (Lipinski definition) is 0. The van der Waals surface area contributed by atoms with Gasteiger partial charge >= 0.3 is 137 Å². The molecule has 0 unspecified atom stereocenters. The van der Waals surface area contributed by atoms with Crippen LogP contribution in [0, 0.1) is 0 Å². The molecular formula is C12H6CaO12Sn. The van der Waals surface area contributed by atoms with E-state index >= 15 is 0 Å². The smallest absolute Gasteiger partial charge is 2.00 e. The predicted octanol–water partition coefficient (Wildman–Crippen LogP) is -4.60. The van der Waals surface area contributed by atoms with E-state index in [1.807, 2.05) is 0 Å². The molecule has 132 valence electrons. The normalized spacial score (nSPS) is 17.4. The number of carbonyl (C=O) groups excluding carboxylic acids is 6. The van der Waals surface area contributed by atoms with Gasteiger partial charge in [0.15, 0.2) is 0 Å². The number of aliphatic carboxylic acids is 2. The molecule has 0 saturated heterocycles. The second-order valence-electron chi connectivity index (χ2n) is 3.82. The first-order valence-electron chi connectivity index (χ1n) is 6.00. The van der Waals surface area contributed by atoms with Gasteiger partial charge in [-0.15, -0.1) is 0 Å². The summed E-state index contributed by atoms with van der Waals surface area (Å²) in [5, 5.41) is 18.8. The van der Waals surface area contributed by atoms with Crippen LogP contribution in [0.4, 0.5) is 0 Å². The molecule has 2 aliphatic rings. The van der Waals surface area contributed by atoms with Gasteiger partial charge in [0.1, 0.15) is 0 Å². The summed E-state index contributed by atoms with van der Waals surface area (Å²) in [4.78, 5) is 63.4. The zero-order chi connectivity index (χ0) is 19.0. The van der Waals surface area contributed by atoms with Crippen molar-refractivity contribution < 1.29 is 51.3 Å². The van der Waals surface area contributed by atoms with Crippen molar-refractivity contribution in [2.75, 3.05) is 0 Å². The fourth-order valence-corrected chi connectivity index (χ4v) is 5.47. The summed E-state index contributed by atoms with van der Waals surface area (Å²) in [7, 11) is 0. The van der Waals surface area contributed by atoms with Gasteiger partial charge in [0.2, 0.25) is 0 Å². The summed E-state index contributed by atoms with van der Waals surface area (Å²) in [5.74, 6) is -7.00. The van der Waals surface area contributed by atoms with Gasteiger partial charge in [-0.05, 0) is 12.2 Å². The Hall–Kier alpha value is -1.90. The van der Waals surface area contributed by atoms with Crippen LogP contribution in [0.15, 0.2) is 36.5 Å². The molecule has 0 fully saturated rings. The average Bonchev–Trinajstić information content (AvgIpc) is 2.70. The zero-order valence-electron chi connectivity index (χ0n) is 12.6. The van der Waals surface area contributed by atoms with Gasteiger partial charge in [0.05, 0.1) is 11.9 Å². The molecule has 0 bridgehead atoms. The maximum absolute atomic E-state index is 11.1. The molecule has 26 heavy (non-hydrogen) atoms. The molecule has 0 aliphatic carbocycles. The Bertz CT molecular complexity index is 618.